The number of hydrogen-bond donors (Lipinski definition) is 1. The van der Waals surface area contributed by atoms with E-state index >= 15 is 0 Å². The van der Waals surface area contributed by atoms with E-state index in [9.17, 15) is 4.79 Å². The first-order valence-corrected chi connectivity index (χ1v) is 5.00. The molecule has 0 saturated heterocycles. The Morgan fingerprint density at radius 1 is 1.50 bits per heavy atom. The van der Waals surface area contributed by atoms with Gasteiger partial charge >= 0.3 is 0 Å². The lowest BCUT2D eigenvalue weighted by Gasteiger charge is -2.04. The summed E-state index contributed by atoms with van der Waals surface area (Å²) in [6.45, 7) is 0. The molecule has 0 aromatic carbocycles. The van der Waals surface area contributed by atoms with Gasteiger partial charge in [0.1, 0.15) is 5.65 Å². The van der Waals surface area contributed by atoms with Crippen LogP contribution in [0.3, 0.4) is 0 Å². The van der Waals surface area contributed by atoms with Crippen LogP contribution in [0.15, 0.2) is 30.6 Å². The van der Waals surface area contributed by atoms with Crippen molar-refractivity contribution in [2.24, 2.45) is 0 Å². The second-order valence-electron chi connectivity index (χ2n) is 3.71. The monoisotopic (exact) mass is 215 g/mol. The second-order valence-corrected chi connectivity index (χ2v) is 3.71. The fraction of sp³-hybridized carbons (Fsp3) is 0.167. The summed E-state index contributed by atoms with van der Waals surface area (Å²) in [5.41, 5.74) is 1.80. The number of likely N-dealkylation sites (N-methyl/N-ethyl adjacent to an activating group) is 1. The molecule has 4 nitrogen and oxygen atoms in total. The quantitative estimate of drug-likeness (QED) is 0.774. The summed E-state index contributed by atoms with van der Waals surface area (Å²) in [4.78, 5) is 20.2. The molecule has 1 amide bonds. The molecule has 0 spiro atoms. The lowest BCUT2D eigenvalue weighted by Crippen LogP contribution is -2.18. The summed E-state index contributed by atoms with van der Waals surface area (Å²) in [5.74, 6) is -0.0294. The molecule has 2 rings (SSSR count). The zero-order valence-electron chi connectivity index (χ0n) is 9.27. The Hall–Kier alpha value is -2.10. The number of aromatic amines is 1. The van der Waals surface area contributed by atoms with Crippen LogP contribution in [0.1, 0.15) is 5.56 Å². The Morgan fingerprint density at radius 2 is 2.31 bits per heavy atom. The van der Waals surface area contributed by atoms with Gasteiger partial charge in [0.05, 0.1) is 0 Å². The van der Waals surface area contributed by atoms with Gasteiger partial charge in [-0.3, -0.25) is 4.79 Å². The van der Waals surface area contributed by atoms with Gasteiger partial charge in [0.25, 0.3) is 0 Å². The third-order valence-corrected chi connectivity index (χ3v) is 2.33. The van der Waals surface area contributed by atoms with Crippen LogP contribution in [0.2, 0.25) is 0 Å². The summed E-state index contributed by atoms with van der Waals surface area (Å²) in [7, 11) is 3.45. The van der Waals surface area contributed by atoms with Crippen molar-refractivity contribution >= 4 is 23.0 Å². The SMILES string of the molecule is CN(C)C(=O)C=Cc1c[nH]c2ncccc12. The van der Waals surface area contributed by atoms with Gasteiger partial charge in [-0.25, -0.2) is 4.98 Å². The lowest BCUT2D eigenvalue weighted by molar-refractivity contribution is -0.123. The van der Waals surface area contributed by atoms with Crippen LogP contribution in [-0.2, 0) is 4.79 Å². The first-order valence-electron chi connectivity index (χ1n) is 5.00. The van der Waals surface area contributed by atoms with E-state index in [-0.39, 0.29) is 5.91 Å². The molecule has 2 aromatic heterocycles. The van der Waals surface area contributed by atoms with Gasteiger partial charge in [0.2, 0.25) is 5.91 Å². The van der Waals surface area contributed by atoms with Crippen molar-refractivity contribution in [3.63, 3.8) is 0 Å². The topological polar surface area (TPSA) is 49.0 Å². The van der Waals surface area contributed by atoms with Gasteiger partial charge < -0.3 is 9.88 Å². The Bertz CT molecular complexity index is 540. The number of aromatic nitrogens is 2. The molecule has 2 aromatic rings. The molecule has 0 aliphatic rings. The number of nitrogens with one attached hydrogen (secondary N) is 1. The number of rotatable bonds is 2. The van der Waals surface area contributed by atoms with Gasteiger partial charge in [-0.15, -0.1) is 0 Å². The zero-order chi connectivity index (χ0) is 11.5. The van der Waals surface area contributed by atoms with Gasteiger partial charge in [0.15, 0.2) is 0 Å². The summed E-state index contributed by atoms with van der Waals surface area (Å²) in [6.07, 6.45) is 6.92. The number of nitrogens with zero attached hydrogens (tertiary/aromatic N) is 2. The Morgan fingerprint density at radius 3 is 3.06 bits per heavy atom. The van der Waals surface area contributed by atoms with E-state index in [2.05, 4.69) is 9.97 Å². The van der Waals surface area contributed by atoms with Crippen LogP contribution in [0, 0.1) is 0 Å². The highest BCUT2D eigenvalue weighted by atomic mass is 16.2. The summed E-state index contributed by atoms with van der Waals surface area (Å²) in [6, 6.07) is 3.85. The van der Waals surface area contributed by atoms with E-state index in [0.717, 1.165) is 16.6 Å². The number of hydrogen-bond acceptors (Lipinski definition) is 2. The lowest BCUT2D eigenvalue weighted by atomic mass is 10.2. The number of amides is 1. The molecule has 0 atom stereocenters. The Kier molecular flexibility index (Phi) is 2.72. The number of fused-ring (bicyclic) bond motifs is 1. The minimum absolute atomic E-state index is 0.0294. The maximum atomic E-state index is 11.4. The van der Waals surface area contributed by atoms with Crippen LogP contribution >= 0.6 is 0 Å². The highest BCUT2D eigenvalue weighted by Gasteiger charge is 2.02. The maximum absolute atomic E-state index is 11.4. The molecular weight excluding hydrogens is 202 g/mol. The number of carbonyl (C=O) groups is 1. The van der Waals surface area contributed by atoms with Crippen LogP contribution in [0.4, 0.5) is 0 Å². The van der Waals surface area contributed by atoms with Gasteiger partial charge in [0, 0.05) is 43.5 Å². The molecule has 2 heterocycles. The van der Waals surface area contributed by atoms with Crippen molar-refractivity contribution in [3.05, 3.63) is 36.2 Å². The van der Waals surface area contributed by atoms with E-state index in [1.54, 1.807) is 32.4 Å². The minimum atomic E-state index is -0.0294. The average molecular weight is 215 g/mol. The minimum Gasteiger partial charge on any atom is -0.346 e. The predicted octanol–water partition coefficient (Wildman–Crippen LogP) is 1.66. The fourth-order valence-corrected chi connectivity index (χ4v) is 1.43. The maximum Gasteiger partial charge on any atom is 0.246 e. The molecule has 0 saturated carbocycles. The highest BCUT2D eigenvalue weighted by Crippen LogP contribution is 2.16. The van der Waals surface area contributed by atoms with Gasteiger partial charge in [-0.2, -0.15) is 0 Å². The molecule has 0 fully saturated rings. The Labute approximate surface area is 93.6 Å². The first-order chi connectivity index (χ1) is 7.68. The molecule has 0 unspecified atom stereocenters. The van der Waals surface area contributed by atoms with E-state index < -0.39 is 0 Å². The van der Waals surface area contributed by atoms with Crippen molar-refractivity contribution in [1.29, 1.82) is 0 Å². The van der Waals surface area contributed by atoms with Crippen LogP contribution in [0.5, 0.6) is 0 Å². The van der Waals surface area contributed by atoms with E-state index in [1.165, 1.54) is 4.90 Å². The molecular formula is C12H13N3O. The molecule has 16 heavy (non-hydrogen) atoms. The van der Waals surface area contributed by atoms with Crippen LogP contribution < -0.4 is 0 Å². The van der Waals surface area contributed by atoms with Crippen molar-refractivity contribution in [2.45, 2.75) is 0 Å². The molecule has 0 aliphatic carbocycles. The highest BCUT2D eigenvalue weighted by molar-refractivity contribution is 5.95. The summed E-state index contributed by atoms with van der Waals surface area (Å²) in [5, 5.41) is 1.02. The van der Waals surface area contributed by atoms with E-state index in [1.807, 2.05) is 18.3 Å². The van der Waals surface area contributed by atoms with Crippen molar-refractivity contribution in [3.8, 4) is 0 Å². The molecule has 0 aliphatic heterocycles. The largest absolute Gasteiger partial charge is 0.346 e. The number of pyridine rings is 1. The molecule has 1 N–H and O–H groups in total. The summed E-state index contributed by atoms with van der Waals surface area (Å²) < 4.78 is 0. The predicted molar refractivity (Wildman–Crippen MR) is 63.8 cm³/mol. The first kappa shape index (κ1) is 10.4. The Balaban J connectivity index is 2.31. The zero-order valence-corrected chi connectivity index (χ0v) is 9.27. The second kappa shape index (κ2) is 4.18. The molecule has 82 valence electrons. The molecule has 0 radical (unpaired) electrons. The van der Waals surface area contributed by atoms with Crippen molar-refractivity contribution in [1.82, 2.24) is 14.9 Å². The smallest absolute Gasteiger partial charge is 0.246 e. The van der Waals surface area contributed by atoms with Gasteiger partial charge in [-0.05, 0) is 18.2 Å². The third-order valence-electron chi connectivity index (χ3n) is 2.33. The standard InChI is InChI=1S/C12H13N3O/c1-15(2)11(16)6-5-9-8-14-12-10(9)4-3-7-13-12/h3-8H,1-2H3,(H,13,14). The van der Waals surface area contributed by atoms with Crippen LogP contribution in [-0.4, -0.2) is 34.9 Å². The molecule has 0 bridgehead atoms. The number of H-pyrrole nitrogens is 1. The number of carbonyl (C=O) groups excluding carboxylic acids is 1. The average Bonchev–Trinajstić information content (AvgIpc) is 2.69. The van der Waals surface area contributed by atoms with Crippen molar-refractivity contribution < 1.29 is 4.79 Å². The fourth-order valence-electron chi connectivity index (χ4n) is 1.43. The van der Waals surface area contributed by atoms with Crippen molar-refractivity contribution in [2.75, 3.05) is 14.1 Å². The third kappa shape index (κ3) is 1.95. The van der Waals surface area contributed by atoms with Gasteiger partial charge in [-0.1, -0.05) is 0 Å². The van der Waals surface area contributed by atoms with E-state index in [0.29, 0.717) is 0 Å². The van der Waals surface area contributed by atoms with E-state index in [4.69, 9.17) is 0 Å². The molecule has 4 heteroatoms. The van der Waals surface area contributed by atoms with Crippen LogP contribution in [0.25, 0.3) is 17.1 Å². The normalized spacial score (nSPS) is 11.1. The summed E-state index contributed by atoms with van der Waals surface area (Å²) >= 11 is 0.